The summed E-state index contributed by atoms with van der Waals surface area (Å²) in [7, 11) is 0. The lowest BCUT2D eigenvalue weighted by Gasteiger charge is -2.12. The number of benzene rings is 1. The SMILES string of the molecule is CCc1ccc(CNCc2cncn2C(C)C)cc1. The third-order valence-corrected chi connectivity index (χ3v) is 3.37. The highest BCUT2D eigenvalue weighted by atomic mass is 15.1. The molecule has 3 nitrogen and oxygen atoms in total. The molecule has 0 atom stereocenters. The van der Waals surface area contributed by atoms with Crippen LogP contribution in [-0.4, -0.2) is 9.55 Å². The van der Waals surface area contributed by atoms with Crippen LogP contribution >= 0.6 is 0 Å². The minimum absolute atomic E-state index is 0.461. The van der Waals surface area contributed by atoms with E-state index in [4.69, 9.17) is 0 Å². The zero-order valence-corrected chi connectivity index (χ0v) is 12.1. The second kappa shape index (κ2) is 6.53. The van der Waals surface area contributed by atoms with Gasteiger partial charge in [0.2, 0.25) is 0 Å². The Morgan fingerprint density at radius 2 is 1.79 bits per heavy atom. The molecular formula is C16H23N3. The number of nitrogens with zero attached hydrogens (tertiary/aromatic N) is 2. The Morgan fingerprint density at radius 3 is 2.42 bits per heavy atom. The molecule has 0 unspecified atom stereocenters. The van der Waals surface area contributed by atoms with Crippen LogP contribution in [0.25, 0.3) is 0 Å². The maximum atomic E-state index is 4.21. The Kier molecular flexibility index (Phi) is 4.74. The standard InChI is InChI=1S/C16H23N3/c1-4-14-5-7-15(8-6-14)9-17-10-16-11-18-12-19(16)13(2)3/h5-8,11-13,17H,4,9-10H2,1-3H3. The predicted octanol–water partition coefficient (Wildman–Crippen LogP) is 3.32. The Labute approximate surface area is 115 Å². The fourth-order valence-corrected chi connectivity index (χ4v) is 2.16. The molecule has 0 radical (unpaired) electrons. The van der Waals surface area contributed by atoms with Gasteiger partial charge in [-0.1, -0.05) is 31.2 Å². The van der Waals surface area contributed by atoms with Crippen LogP contribution in [0.3, 0.4) is 0 Å². The average molecular weight is 257 g/mol. The average Bonchev–Trinajstić information content (AvgIpc) is 2.88. The summed E-state index contributed by atoms with van der Waals surface area (Å²) in [4.78, 5) is 4.21. The van der Waals surface area contributed by atoms with Crippen LogP contribution in [0.4, 0.5) is 0 Å². The van der Waals surface area contributed by atoms with E-state index < -0.39 is 0 Å². The van der Waals surface area contributed by atoms with Crippen LogP contribution in [0, 0.1) is 0 Å². The van der Waals surface area contributed by atoms with Crippen LogP contribution in [0.1, 0.15) is 43.6 Å². The van der Waals surface area contributed by atoms with Crippen LogP contribution in [0.15, 0.2) is 36.8 Å². The van der Waals surface area contributed by atoms with Gasteiger partial charge in [-0.15, -0.1) is 0 Å². The van der Waals surface area contributed by atoms with Gasteiger partial charge in [0.1, 0.15) is 0 Å². The van der Waals surface area contributed by atoms with Crippen molar-refractivity contribution in [3.63, 3.8) is 0 Å². The molecule has 2 rings (SSSR count). The topological polar surface area (TPSA) is 29.9 Å². The monoisotopic (exact) mass is 257 g/mol. The second-order valence-corrected chi connectivity index (χ2v) is 5.16. The lowest BCUT2D eigenvalue weighted by Crippen LogP contribution is -2.16. The summed E-state index contributed by atoms with van der Waals surface area (Å²) in [6, 6.07) is 9.27. The zero-order valence-electron chi connectivity index (χ0n) is 12.1. The molecule has 0 aliphatic carbocycles. The molecule has 102 valence electrons. The first-order valence-electron chi connectivity index (χ1n) is 7.00. The van der Waals surface area contributed by atoms with Crippen molar-refractivity contribution < 1.29 is 0 Å². The van der Waals surface area contributed by atoms with E-state index >= 15 is 0 Å². The Morgan fingerprint density at radius 1 is 1.11 bits per heavy atom. The maximum Gasteiger partial charge on any atom is 0.0951 e. The lowest BCUT2D eigenvalue weighted by molar-refractivity contribution is 0.550. The van der Waals surface area contributed by atoms with Gasteiger partial charge in [0.25, 0.3) is 0 Å². The maximum absolute atomic E-state index is 4.21. The Balaban J connectivity index is 1.87. The first-order chi connectivity index (χ1) is 9.20. The molecule has 1 aromatic heterocycles. The Bertz CT molecular complexity index is 497. The summed E-state index contributed by atoms with van der Waals surface area (Å²) < 4.78 is 2.20. The fourth-order valence-electron chi connectivity index (χ4n) is 2.16. The number of hydrogen-bond donors (Lipinski definition) is 1. The molecule has 1 heterocycles. The van der Waals surface area contributed by atoms with Crippen molar-refractivity contribution in [1.82, 2.24) is 14.9 Å². The molecule has 2 aromatic rings. The molecule has 0 aliphatic heterocycles. The van der Waals surface area contributed by atoms with E-state index in [-0.39, 0.29) is 0 Å². The summed E-state index contributed by atoms with van der Waals surface area (Å²) in [6.07, 6.45) is 4.94. The van der Waals surface area contributed by atoms with E-state index in [2.05, 4.69) is 59.9 Å². The van der Waals surface area contributed by atoms with Crippen molar-refractivity contribution in [2.24, 2.45) is 0 Å². The highest BCUT2D eigenvalue weighted by Crippen LogP contribution is 2.09. The molecule has 0 spiro atoms. The van der Waals surface area contributed by atoms with E-state index in [9.17, 15) is 0 Å². The molecule has 3 heteroatoms. The molecule has 0 saturated heterocycles. The zero-order chi connectivity index (χ0) is 13.7. The van der Waals surface area contributed by atoms with Crippen molar-refractivity contribution in [1.29, 1.82) is 0 Å². The van der Waals surface area contributed by atoms with Gasteiger partial charge in [-0.3, -0.25) is 0 Å². The molecule has 0 saturated carbocycles. The number of nitrogens with one attached hydrogen (secondary N) is 1. The number of rotatable bonds is 6. The van der Waals surface area contributed by atoms with Crippen LogP contribution in [-0.2, 0) is 19.5 Å². The van der Waals surface area contributed by atoms with Crippen molar-refractivity contribution in [3.8, 4) is 0 Å². The van der Waals surface area contributed by atoms with Crippen molar-refractivity contribution in [2.45, 2.75) is 46.3 Å². The summed E-state index contributed by atoms with van der Waals surface area (Å²) >= 11 is 0. The summed E-state index contributed by atoms with van der Waals surface area (Å²) in [6.45, 7) is 8.28. The molecular weight excluding hydrogens is 234 g/mol. The first-order valence-corrected chi connectivity index (χ1v) is 7.00. The predicted molar refractivity (Wildman–Crippen MR) is 79.0 cm³/mol. The van der Waals surface area contributed by atoms with Crippen LogP contribution < -0.4 is 5.32 Å². The third-order valence-electron chi connectivity index (χ3n) is 3.37. The van der Waals surface area contributed by atoms with Gasteiger partial charge < -0.3 is 9.88 Å². The highest BCUT2D eigenvalue weighted by Gasteiger charge is 2.04. The minimum atomic E-state index is 0.461. The highest BCUT2D eigenvalue weighted by molar-refractivity contribution is 5.22. The molecule has 19 heavy (non-hydrogen) atoms. The molecule has 0 bridgehead atoms. The number of aromatic nitrogens is 2. The van der Waals surface area contributed by atoms with Crippen molar-refractivity contribution in [2.75, 3.05) is 0 Å². The summed E-state index contributed by atoms with van der Waals surface area (Å²) in [5.74, 6) is 0. The van der Waals surface area contributed by atoms with E-state index in [1.54, 1.807) is 0 Å². The van der Waals surface area contributed by atoms with Crippen LogP contribution in [0.5, 0.6) is 0 Å². The molecule has 0 aliphatic rings. The van der Waals surface area contributed by atoms with Crippen molar-refractivity contribution in [3.05, 3.63) is 53.6 Å². The largest absolute Gasteiger partial charge is 0.331 e. The molecule has 1 N–H and O–H groups in total. The molecule has 0 fully saturated rings. The number of hydrogen-bond acceptors (Lipinski definition) is 2. The van der Waals surface area contributed by atoms with Gasteiger partial charge in [-0.25, -0.2) is 4.98 Å². The first kappa shape index (κ1) is 13.8. The third kappa shape index (κ3) is 3.67. The molecule has 1 aromatic carbocycles. The molecule has 0 amide bonds. The van der Waals surface area contributed by atoms with E-state index in [0.29, 0.717) is 6.04 Å². The Hall–Kier alpha value is -1.61. The normalized spacial score (nSPS) is 11.2. The van der Waals surface area contributed by atoms with Crippen LogP contribution in [0.2, 0.25) is 0 Å². The number of imidazole rings is 1. The minimum Gasteiger partial charge on any atom is -0.331 e. The second-order valence-electron chi connectivity index (χ2n) is 5.16. The van der Waals surface area contributed by atoms with E-state index in [1.807, 2.05) is 12.5 Å². The quantitative estimate of drug-likeness (QED) is 0.860. The van der Waals surface area contributed by atoms with Gasteiger partial charge in [0.15, 0.2) is 0 Å². The fraction of sp³-hybridized carbons (Fsp3) is 0.438. The lowest BCUT2D eigenvalue weighted by atomic mass is 10.1. The summed E-state index contributed by atoms with van der Waals surface area (Å²) in [5.41, 5.74) is 3.95. The smallest absolute Gasteiger partial charge is 0.0951 e. The van der Waals surface area contributed by atoms with Gasteiger partial charge in [0, 0.05) is 25.3 Å². The van der Waals surface area contributed by atoms with Gasteiger partial charge in [0.05, 0.1) is 12.0 Å². The van der Waals surface area contributed by atoms with Crippen molar-refractivity contribution >= 4 is 0 Å². The number of aryl methyl sites for hydroxylation is 1. The van der Waals surface area contributed by atoms with Gasteiger partial charge >= 0.3 is 0 Å². The summed E-state index contributed by atoms with van der Waals surface area (Å²) in [5, 5.41) is 3.48. The van der Waals surface area contributed by atoms with Gasteiger partial charge in [-0.2, -0.15) is 0 Å². The van der Waals surface area contributed by atoms with E-state index in [0.717, 1.165) is 19.5 Å². The van der Waals surface area contributed by atoms with E-state index in [1.165, 1.54) is 16.8 Å². The van der Waals surface area contributed by atoms with Gasteiger partial charge in [-0.05, 0) is 31.4 Å².